The number of amides is 2. The Labute approximate surface area is 150 Å². The lowest BCUT2D eigenvalue weighted by molar-refractivity contribution is -0.120. The van der Waals surface area contributed by atoms with E-state index >= 15 is 0 Å². The van der Waals surface area contributed by atoms with Crippen LogP contribution in [0.4, 0.5) is 0 Å². The smallest absolute Gasteiger partial charge is 0.276 e. The lowest BCUT2D eigenvalue weighted by Crippen LogP contribution is -2.39. The summed E-state index contributed by atoms with van der Waals surface area (Å²) in [6.07, 6.45) is 0.797. The highest BCUT2D eigenvalue weighted by molar-refractivity contribution is 6.30. The van der Waals surface area contributed by atoms with Gasteiger partial charge in [-0.05, 0) is 37.6 Å². The lowest BCUT2D eigenvalue weighted by Gasteiger charge is -2.11. The number of carbonyl (C=O) groups excluding carboxylic acids is 2. The SMILES string of the molecule is CCCNC(=O)CNC(=O)c1nn(-c2ccc(Cl)cc2)c(C)cc1=O. The van der Waals surface area contributed by atoms with E-state index in [-0.39, 0.29) is 18.1 Å². The molecule has 0 saturated heterocycles. The number of nitrogens with zero attached hydrogens (tertiary/aromatic N) is 2. The van der Waals surface area contributed by atoms with E-state index in [0.717, 1.165) is 6.42 Å². The van der Waals surface area contributed by atoms with E-state index in [1.165, 1.54) is 10.7 Å². The Morgan fingerprint density at radius 1 is 1.20 bits per heavy atom. The maximum atomic E-state index is 12.2. The summed E-state index contributed by atoms with van der Waals surface area (Å²) in [6, 6.07) is 8.16. The minimum absolute atomic E-state index is 0.214. The van der Waals surface area contributed by atoms with Crippen LogP contribution in [0.1, 0.15) is 29.5 Å². The van der Waals surface area contributed by atoms with Crippen molar-refractivity contribution < 1.29 is 9.59 Å². The van der Waals surface area contributed by atoms with Crippen molar-refractivity contribution in [1.29, 1.82) is 0 Å². The van der Waals surface area contributed by atoms with Gasteiger partial charge in [0.2, 0.25) is 11.3 Å². The zero-order valence-corrected chi connectivity index (χ0v) is 14.8. The molecule has 0 aliphatic heterocycles. The fourth-order valence-electron chi connectivity index (χ4n) is 2.12. The molecule has 2 amide bonds. The van der Waals surface area contributed by atoms with Crippen molar-refractivity contribution in [2.24, 2.45) is 0 Å². The number of aromatic nitrogens is 2. The fourth-order valence-corrected chi connectivity index (χ4v) is 2.25. The fraction of sp³-hybridized carbons (Fsp3) is 0.294. The summed E-state index contributed by atoms with van der Waals surface area (Å²) in [5.41, 5.74) is 0.458. The molecule has 0 aliphatic carbocycles. The van der Waals surface area contributed by atoms with E-state index in [9.17, 15) is 14.4 Å². The van der Waals surface area contributed by atoms with Crippen LogP contribution in [-0.4, -0.2) is 34.7 Å². The first kappa shape index (κ1) is 18.7. The predicted molar refractivity (Wildman–Crippen MR) is 95.2 cm³/mol. The first-order valence-corrected chi connectivity index (χ1v) is 8.22. The first-order valence-electron chi connectivity index (χ1n) is 7.84. The van der Waals surface area contributed by atoms with Crippen LogP contribution in [0.2, 0.25) is 5.02 Å². The first-order chi connectivity index (χ1) is 11.9. The van der Waals surface area contributed by atoms with Gasteiger partial charge in [-0.3, -0.25) is 14.4 Å². The second-order valence-corrected chi connectivity index (χ2v) is 5.86. The number of hydrogen-bond acceptors (Lipinski definition) is 4. The molecular formula is C17H19ClN4O3. The van der Waals surface area contributed by atoms with Gasteiger partial charge in [-0.25, -0.2) is 4.68 Å². The highest BCUT2D eigenvalue weighted by Crippen LogP contribution is 2.13. The molecule has 0 radical (unpaired) electrons. The van der Waals surface area contributed by atoms with Crippen LogP contribution < -0.4 is 16.1 Å². The van der Waals surface area contributed by atoms with Crippen LogP contribution in [0.25, 0.3) is 5.69 Å². The van der Waals surface area contributed by atoms with Crippen molar-refractivity contribution in [3.05, 3.63) is 57.0 Å². The Bertz CT molecular complexity index is 831. The third-order valence-electron chi connectivity index (χ3n) is 3.38. The molecule has 0 bridgehead atoms. The second-order valence-electron chi connectivity index (χ2n) is 5.42. The monoisotopic (exact) mass is 362 g/mol. The summed E-state index contributed by atoms with van der Waals surface area (Å²) in [5.74, 6) is -1.01. The molecule has 0 unspecified atom stereocenters. The molecule has 0 spiro atoms. The van der Waals surface area contributed by atoms with E-state index in [0.29, 0.717) is 22.9 Å². The van der Waals surface area contributed by atoms with Crippen molar-refractivity contribution >= 4 is 23.4 Å². The molecule has 1 aromatic carbocycles. The summed E-state index contributed by atoms with van der Waals surface area (Å²) >= 11 is 5.87. The van der Waals surface area contributed by atoms with Gasteiger partial charge in [-0.2, -0.15) is 5.10 Å². The number of halogens is 1. The molecule has 0 saturated carbocycles. The zero-order valence-electron chi connectivity index (χ0n) is 14.0. The number of rotatable bonds is 6. The van der Waals surface area contributed by atoms with Crippen molar-refractivity contribution in [3.8, 4) is 5.69 Å². The maximum Gasteiger partial charge on any atom is 0.276 e. The van der Waals surface area contributed by atoms with Gasteiger partial charge < -0.3 is 10.6 Å². The number of nitrogens with one attached hydrogen (secondary N) is 2. The lowest BCUT2D eigenvalue weighted by atomic mass is 10.2. The molecule has 2 N–H and O–H groups in total. The van der Waals surface area contributed by atoms with E-state index in [1.807, 2.05) is 6.92 Å². The Kier molecular flexibility index (Phi) is 6.30. The summed E-state index contributed by atoms with van der Waals surface area (Å²) in [5, 5.41) is 9.74. The molecule has 2 rings (SSSR count). The van der Waals surface area contributed by atoms with Gasteiger partial charge in [0.05, 0.1) is 12.2 Å². The normalized spacial score (nSPS) is 10.4. The molecular weight excluding hydrogens is 344 g/mol. The average Bonchev–Trinajstić information content (AvgIpc) is 2.59. The molecule has 8 heteroatoms. The number of carbonyl (C=O) groups is 2. The number of aryl methyl sites for hydroxylation is 1. The Balaban J connectivity index is 2.22. The molecule has 132 valence electrons. The van der Waals surface area contributed by atoms with E-state index in [2.05, 4.69) is 15.7 Å². The van der Waals surface area contributed by atoms with Crippen molar-refractivity contribution in [2.75, 3.05) is 13.1 Å². The standard InChI is InChI=1S/C17H19ClN4O3/c1-3-8-19-15(24)10-20-17(25)16-14(23)9-11(2)22(21-16)13-6-4-12(18)5-7-13/h4-7,9H,3,8,10H2,1-2H3,(H,19,24)(H,20,25). The van der Waals surface area contributed by atoms with Gasteiger partial charge in [0.15, 0.2) is 5.69 Å². The molecule has 0 aliphatic rings. The van der Waals surface area contributed by atoms with Crippen LogP contribution in [0.5, 0.6) is 0 Å². The third-order valence-corrected chi connectivity index (χ3v) is 3.63. The van der Waals surface area contributed by atoms with E-state index in [1.54, 1.807) is 31.2 Å². The van der Waals surface area contributed by atoms with E-state index in [4.69, 9.17) is 11.6 Å². The van der Waals surface area contributed by atoms with Crippen molar-refractivity contribution in [1.82, 2.24) is 20.4 Å². The average molecular weight is 363 g/mol. The highest BCUT2D eigenvalue weighted by Gasteiger charge is 2.16. The topological polar surface area (TPSA) is 93.1 Å². The van der Waals surface area contributed by atoms with Crippen LogP contribution in [0.3, 0.4) is 0 Å². The van der Waals surface area contributed by atoms with E-state index < -0.39 is 11.3 Å². The minimum Gasteiger partial charge on any atom is -0.355 e. The van der Waals surface area contributed by atoms with Gasteiger partial charge in [-0.1, -0.05) is 18.5 Å². The Hall–Kier alpha value is -2.67. The Morgan fingerprint density at radius 2 is 1.88 bits per heavy atom. The molecule has 0 atom stereocenters. The highest BCUT2D eigenvalue weighted by atomic mass is 35.5. The quantitative estimate of drug-likeness (QED) is 0.813. The van der Waals surface area contributed by atoms with Gasteiger partial charge in [-0.15, -0.1) is 0 Å². The maximum absolute atomic E-state index is 12.2. The van der Waals surface area contributed by atoms with Crippen molar-refractivity contribution in [2.45, 2.75) is 20.3 Å². The molecule has 25 heavy (non-hydrogen) atoms. The summed E-state index contributed by atoms with van der Waals surface area (Å²) in [7, 11) is 0. The van der Waals surface area contributed by atoms with Crippen LogP contribution in [0, 0.1) is 6.92 Å². The van der Waals surface area contributed by atoms with Gasteiger partial charge in [0, 0.05) is 23.3 Å². The summed E-state index contributed by atoms with van der Waals surface area (Å²) in [4.78, 5) is 35.8. The summed E-state index contributed by atoms with van der Waals surface area (Å²) in [6.45, 7) is 3.95. The molecule has 2 aromatic rings. The minimum atomic E-state index is -0.695. The molecule has 1 heterocycles. The largest absolute Gasteiger partial charge is 0.355 e. The summed E-state index contributed by atoms with van der Waals surface area (Å²) < 4.78 is 1.48. The van der Waals surface area contributed by atoms with Gasteiger partial charge >= 0.3 is 0 Å². The van der Waals surface area contributed by atoms with Crippen LogP contribution in [-0.2, 0) is 4.79 Å². The Morgan fingerprint density at radius 3 is 2.52 bits per heavy atom. The molecule has 7 nitrogen and oxygen atoms in total. The zero-order chi connectivity index (χ0) is 18.4. The van der Waals surface area contributed by atoms with Gasteiger partial charge in [0.1, 0.15) is 0 Å². The predicted octanol–water partition coefficient (Wildman–Crippen LogP) is 1.45. The van der Waals surface area contributed by atoms with Crippen LogP contribution in [0.15, 0.2) is 35.1 Å². The molecule has 1 aromatic heterocycles. The number of benzene rings is 1. The molecule has 0 fully saturated rings. The number of hydrogen-bond donors (Lipinski definition) is 2. The second kappa shape index (κ2) is 8.43. The van der Waals surface area contributed by atoms with Crippen molar-refractivity contribution in [3.63, 3.8) is 0 Å². The third kappa shape index (κ3) is 4.90. The van der Waals surface area contributed by atoms with Crippen LogP contribution >= 0.6 is 11.6 Å². The van der Waals surface area contributed by atoms with Gasteiger partial charge in [0.25, 0.3) is 5.91 Å².